The van der Waals surface area contributed by atoms with Gasteiger partial charge in [0, 0.05) is 26.2 Å². The molecule has 3 aromatic heterocycles. The van der Waals surface area contributed by atoms with E-state index >= 15 is 0 Å². The van der Waals surface area contributed by atoms with Crippen molar-refractivity contribution < 1.29 is 4.79 Å². The van der Waals surface area contributed by atoms with Crippen molar-refractivity contribution in [3.05, 3.63) is 67.4 Å². The molecule has 0 fully saturated rings. The van der Waals surface area contributed by atoms with Crippen molar-refractivity contribution in [1.29, 1.82) is 0 Å². The van der Waals surface area contributed by atoms with E-state index in [1.165, 1.54) is 21.1 Å². The van der Waals surface area contributed by atoms with Crippen LogP contribution in [0.1, 0.15) is 20.1 Å². The fourth-order valence-corrected chi connectivity index (χ4v) is 4.46. The lowest BCUT2D eigenvalue weighted by Gasteiger charge is -2.03. The van der Waals surface area contributed by atoms with Gasteiger partial charge in [0.05, 0.1) is 5.69 Å². The Balaban J connectivity index is 1.62. The smallest absolute Gasteiger partial charge is 0.263 e. The molecule has 0 radical (unpaired) electrons. The van der Waals surface area contributed by atoms with Crippen molar-refractivity contribution >= 4 is 44.6 Å². The number of thiophene rings is 1. The van der Waals surface area contributed by atoms with E-state index in [0.717, 1.165) is 16.6 Å². The molecule has 0 saturated carbocycles. The van der Waals surface area contributed by atoms with Gasteiger partial charge in [-0.15, -0.1) is 22.7 Å². The third-order valence-electron chi connectivity index (χ3n) is 4.04. The van der Waals surface area contributed by atoms with E-state index in [4.69, 9.17) is 0 Å². The van der Waals surface area contributed by atoms with Gasteiger partial charge in [0.1, 0.15) is 5.56 Å². The highest BCUT2D eigenvalue weighted by Crippen LogP contribution is 2.32. The Morgan fingerprint density at radius 1 is 1.19 bits per heavy atom. The SMILES string of the molecule is Cc1cc(-c2csc(NC(=O)c3cc4ccccc4[nH]c3=O)n2)c(C)s1. The minimum absolute atomic E-state index is 0.0722. The largest absolute Gasteiger partial charge is 0.321 e. The average Bonchev–Trinajstić information content (AvgIpc) is 3.19. The van der Waals surface area contributed by atoms with Crippen molar-refractivity contribution in [1.82, 2.24) is 9.97 Å². The Morgan fingerprint density at radius 3 is 2.77 bits per heavy atom. The number of para-hydroxylation sites is 1. The molecule has 26 heavy (non-hydrogen) atoms. The van der Waals surface area contributed by atoms with Gasteiger partial charge in [-0.2, -0.15) is 0 Å². The number of aryl methyl sites for hydroxylation is 2. The predicted molar refractivity (Wildman–Crippen MR) is 107 cm³/mol. The standard InChI is InChI=1S/C19H15N3O2S2/c1-10-7-13(11(2)26-10)16-9-25-19(21-16)22-18(24)14-8-12-5-3-4-6-15(12)20-17(14)23/h3-9H,1-2H3,(H,20,23)(H,21,22,24). The van der Waals surface area contributed by atoms with Crippen molar-refractivity contribution in [3.8, 4) is 11.3 Å². The lowest BCUT2D eigenvalue weighted by atomic mass is 10.1. The zero-order valence-electron chi connectivity index (χ0n) is 14.1. The van der Waals surface area contributed by atoms with Crippen LogP contribution in [0.4, 0.5) is 5.13 Å². The molecule has 1 amide bonds. The summed E-state index contributed by atoms with van der Waals surface area (Å²) in [7, 11) is 0. The molecule has 0 atom stereocenters. The number of aromatic nitrogens is 2. The van der Waals surface area contributed by atoms with Gasteiger partial charge in [0.25, 0.3) is 11.5 Å². The zero-order valence-corrected chi connectivity index (χ0v) is 15.8. The molecule has 0 spiro atoms. The van der Waals surface area contributed by atoms with E-state index in [1.54, 1.807) is 23.5 Å². The Bertz CT molecular complexity index is 1190. The van der Waals surface area contributed by atoms with E-state index < -0.39 is 11.5 Å². The van der Waals surface area contributed by atoms with E-state index in [1.807, 2.05) is 23.6 Å². The number of amides is 1. The maximum Gasteiger partial charge on any atom is 0.263 e. The van der Waals surface area contributed by atoms with E-state index in [0.29, 0.717) is 10.6 Å². The molecule has 1 aromatic carbocycles. The zero-order chi connectivity index (χ0) is 18.3. The number of pyridine rings is 1. The molecule has 130 valence electrons. The average molecular weight is 381 g/mol. The van der Waals surface area contributed by atoms with Crippen LogP contribution in [-0.2, 0) is 0 Å². The number of carbonyl (C=O) groups excluding carboxylic acids is 1. The summed E-state index contributed by atoms with van der Waals surface area (Å²) < 4.78 is 0. The number of hydrogen-bond donors (Lipinski definition) is 2. The van der Waals surface area contributed by atoms with Gasteiger partial charge in [0.15, 0.2) is 5.13 Å². The highest BCUT2D eigenvalue weighted by atomic mass is 32.1. The normalized spacial score (nSPS) is 11.0. The van der Waals surface area contributed by atoms with Crippen LogP contribution in [0.2, 0.25) is 0 Å². The number of anilines is 1. The lowest BCUT2D eigenvalue weighted by Crippen LogP contribution is -2.22. The van der Waals surface area contributed by atoms with Crippen molar-refractivity contribution in [2.45, 2.75) is 13.8 Å². The van der Waals surface area contributed by atoms with E-state index in [2.05, 4.69) is 35.2 Å². The maximum absolute atomic E-state index is 12.5. The van der Waals surface area contributed by atoms with Gasteiger partial charge < -0.3 is 4.98 Å². The van der Waals surface area contributed by atoms with Gasteiger partial charge in [-0.1, -0.05) is 18.2 Å². The number of carbonyl (C=O) groups is 1. The third-order valence-corrected chi connectivity index (χ3v) is 5.76. The molecule has 0 aliphatic carbocycles. The number of fused-ring (bicyclic) bond motifs is 1. The highest BCUT2D eigenvalue weighted by molar-refractivity contribution is 7.14. The highest BCUT2D eigenvalue weighted by Gasteiger charge is 2.15. The Morgan fingerprint density at radius 2 is 2.00 bits per heavy atom. The number of hydrogen-bond acceptors (Lipinski definition) is 5. The second-order valence-electron chi connectivity index (χ2n) is 5.92. The molecule has 0 aliphatic heterocycles. The van der Waals surface area contributed by atoms with Crippen LogP contribution in [0.25, 0.3) is 22.2 Å². The number of nitrogens with one attached hydrogen (secondary N) is 2. The summed E-state index contributed by atoms with van der Waals surface area (Å²) in [6.45, 7) is 4.11. The molecule has 0 aliphatic rings. The number of thiazole rings is 1. The predicted octanol–water partition coefficient (Wildman–Crippen LogP) is 4.58. The summed E-state index contributed by atoms with van der Waals surface area (Å²) in [4.78, 5) is 34.4. The molecule has 0 unspecified atom stereocenters. The van der Waals surface area contributed by atoms with Crippen molar-refractivity contribution in [2.24, 2.45) is 0 Å². The number of rotatable bonds is 3. The number of benzene rings is 1. The van der Waals surface area contributed by atoms with Gasteiger partial charge in [-0.25, -0.2) is 4.98 Å². The molecule has 2 N–H and O–H groups in total. The fraction of sp³-hybridized carbons (Fsp3) is 0.105. The molecule has 4 aromatic rings. The van der Waals surface area contributed by atoms with Crippen LogP contribution in [-0.4, -0.2) is 15.9 Å². The minimum Gasteiger partial charge on any atom is -0.321 e. The molecular weight excluding hydrogens is 366 g/mol. The topological polar surface area (TPSA) is 74.8 Å². The Kier molecular flexibility index (Phi) is 4.18. The second-order valence-corrected chi connectivity index (χ2v) is 8.24. The van der Waals surface area contributed by atoms with Crippen LogP contribution in [0, 0.1) is 13.8 Å². The van der Waals surface area contributed by atoms with E-state index in [-0.39, 0.29) is 5.56 Å². The van der Waals surface area contributed by atoms with E-state index in [9.17, 15) is 9.59 Å². The van der Waals surface area contributed by atoms with Gasteiger partial charge >= 0.3 is 0 Å². The van der Waals surface area contributed by atoms with Crippen LogP contribution in [0.15, 0.2) is 46.6 Å². The Hall–Kier alpha value is -2.77. The molecule has 5 nitrogen and oxygen atoms in total. The summed E-state index contributed by atoms with van der Waals surface area (Å²) in [6, 6.07) is 11.0. The number of H-pyrrole nitrogens is 1. The number of aromatic amines is 1. The van der Waals surface area contributed by atoms with Crippen molar-refractivity contribution in [3.63, 3.8) is 0 Å². The molecule has 7 heteroatoms. The van der Waals surface area contributed by atoms with Gasteiger partial charge in [-0.3, -0.25) is 14.9 Å². The molecule has 4 rings (SSSR count). The molecule has 0 bridgehead atoms. The second kappa shape index (κ2) is 6.51. The lowest BCUT2D eigenvalue weighted by molar-refractivity contribution is 0.102. The van der Waals surface area contributed by atoms with Gasteiger partial charge in [-0.05, 0) is 37.4 Å². The first-order valence-electron chi connectivity index (χ1n) is 7.97. The van der Waals surface area contributed by atoms with Crippen LogP contribution < -0.4 is 10.9 Å². The summed E-state index contributed by atoms with van der Waals surface area (Å²) in [5.41, 5.74) is 2.27. The number of nitrogens with zero attached hydrogens (tertiary/aromatic N) is 1. The fourth-order valence-electron chi connectivity index (χ4n) is 2.82. The molecule has 3 heterocycles. The summed E-state index contributed by atoms with van der Waals surface area (Å²) >= 11 is 3.06. The van der Waals surface area contributed by atoms with Gasteiger partial charge in [0.2, 0.25) is 0 Å². The molecule has 0 saturated heterocycles. The van der Waals surface area contributed by atoms with Crippen molar-refractivity contribution in [2.75, 3.05) is 5.32 Å². The summed E-state index contributed by atoms with van der Waals surface area (Å²) in [6.07, 6.45) is 0. The quantitative estimate of drug-likeness (QED) is 0.545. The first-order valence-corrected chi connectivity index (χ1v) is 9.67. The van der Waals surface area contributed by atoms with Crippen LogP contribution >= 0.6 is 22.7 Å². The van der Waals surface area contributed by atoms with Crippen LogP contribution in [0.3, 0.4) is 0 Å². The summed E-state index contributed by atoms with van der Waals surface area (Å²) in [5.74, 6) is -0.462. The Labute approximate surface area is 157 Å². The van der Waals surface area contributed by atoms with Crippen LogP contribution in [0.5, 0.6) is 0 Å². The molecular formula is C19H15N3O2S2. The summed E-state index contributed by atoms with van der Waals surface area (Å²) in [5, 5.41) is 5.92. The first-order chi connectivity index (χ1) is 12.5. The maximum atomic E-state index is 12.5. The minimum atomic E-state index is -0.462. The first kappa shape index (κ1) is 16.7. The monoisotopic (exact) mass is 381 g/mol. The third kappa shape index (κ3) is 3.07.